The molecule has 0 saturated heterocycles. The second-order valence-electron chi connectivity index (χ2n) is 4.27. The van der Waals surface area contributed by atoms with Crippen LogP contribution in [0.2, 0.25) is 0 Å². The highest BCUT2D eigenvalue weighted by molar-refractivity contribution is 5.99. The summed E-state index contributed by atoms with van der Waals surface area (Å²) in [6.45, 7) is 0. The molecule has 3 nitrogen and oxygen atoms in total. The Hall–Kier alpha value is -2.29. The minimum absolute atomic E-state index is 0.0154. The summed E-state index contributed by atoms with van der Waals surface area (Å²) < 4.78 is 5.22. The Bertz CT molecular complexity index is 607. The fourth-order valence-electron chi connectivity index (χ4n) is 2.33. The van der Waals surface area contributed by atoms with Crippen LogP contribution < -0.4 is 10.1 Å². The van der Waals surface area contributed by atoms with E-state index in [1.807, 2.05) is 48.5 Å². The first-order chi connectivity index (χ1) is 8.79. The SMILES string of the molecule is COc1cccc([C@H]2NC(=O)c3ccccc32)c1. The smallest absolute Gasteiger partial charge is 0.252 e. The second-order valence-corrected chi connectivity index (χ2v) is 4.27. The van der Waals surface area contributed by atoms with Crippen molar-refractivity contribution in [2.45, 2.75) is 6.04 Å². The van der Waals surface area contributed by atoms with Gasteiger partial charge in [0, 0.05) is 5.56 Å². The van der Waals surface area contributed by atoms with Gasteiger partial charge in [0.05, 0.1) is 13.2 Å². The third-order valence-corrected chi connectivity index (χ3v) is 3.22. The molecule has 3 heteroatoms. The lowest BCUT2D eigenvalue weighted by Crippen LogP contribution is -2.19. The van der Waals surface area contributed by atoms with Gasteiger partial charge in [0.25, 0.3) is 5.91 Å². The third-order valence-electron chi connectivity index (χ3n) is 3.22. The summed E-state index contributed by atoms with van der Waals surface area (Å²) in [7, 11) is 1.64. The fraction of sp³-hybridized carbons (Fsp3) is 0.133. The first-order valence-electron chi connectivity index (χ1n) is 5.83. The zero-order valence-corrected chi connectivity index (χ0v) is 10.0. The highest BCUT2D eigenvalue weighted by Crippen LogP contribution is 2.31. The van der Waals surface area contributed by atoms with Crippen LogP contribution in [0.15, 0.2) is 48.5 Å². The van der Waals surface area contributed by atoms with E-state index >= 15 is 0 Å². The predicted molar refractivity (Wildman–Crippen MR) is 68.7 cm³/mol. The van der Waals surface area contributed by atoms with Crippen molar-refractivity contribution in [3.63, 3.8) is 0 Å². The molecule has 1 heterocycles. The van der Waals surface area contributed by atoms with Crippen molar-refractivity contribution in [1.29, 1.82) is 0 Å². The number of ether oxygens (including phenoxy) is 1. The van der Waals surface area contributed by atoms with Gasteiger partial charge in [0.2, 0.25) is 0 Å². The molecular weight excluding hydrogens is 226 g/mol. The largest absolute Gasteiger partial charge is 0.497 e. The average Bonchev–Trinajstić information content (AvgIpc) is 2.77. The Morgan fingerprint density at radius 2 is 1.94 bits per heavy atom. The van der Waals surface area contributed by atoms with Crippen molar-refractivity contribution in [3.8, 4) is 5.75 Å². The lowest BCUT2D eigenvalue weighted by Gasteiger charge is -2.13. The van der Waals surface area contributed by atoms with E-state index in [1.54, 1.807) is 7.11 Å². The fourth-order valence-corrected chi connectivity index (χ4v) is 2.33. The predicted octanol–water partition coefficient (Wildman–Crippen LogP) is 2.53. The van der Waals surface area contributed by atoms with E-state index < -0.39 is 0 Å². The molecule has 1 aliphatic heterocycles. The zero-order chi connectivity index (χ0) is 12.5. The summed E-state index contributed by atoms with van der Waals surface area (Å²) in [5.74, 6) is 0.782. The Balaban J connectivity index is 2.06. The molecule has 0 aromatic heterocycles. The van der Waals surface area contributed by atoms with Gasteiger partial charge in [-0.15, -0.1) is 0 Å². The first-order valence-corrected chi connectivity index (χ1v) is 5.83. The van der Waals surface area contributed by atoms with Gasteiger partial charge in [0.15, 0.2) is 0 Å². The molecule has 1 atom stereocenters. The molecule has 0 fully saturated rings. The summed E-state index contributed by atoms with van der Waals surface area (Å²) in [4.78, 5) is 11.9. The van der Waals surface area contributed by atoms with Crippen LogP contribution in [0.3, 0.4) is 0 Å². The quantitative estimate of drug-likeness (QED) is 0.874. The number of hydrogen-bond acceptors (Lipinski definition) is 2. The summed E-state index contributed by atoms with van der Waals surface area (Å²) in [5.41, 5.74) is 2.81. The molecule has 2 aromatic rings. The van der Waals surface area contributed by atoms with Crippen LogP contribution in [0.4, 0.5) is 0 Å². The summed E-state index contributed by atoms with van der Waals surface area (Å²) >= 11 is 0. The molecule has 18 heavy (non-hydrogen) atoms. The summed E-state index contributed by atoms with van der Waals surface area (Å²) in [5, 5.41) is 2.99. The monoisotopic (exact) mass is 239 g/mol. The lowest BCUT2D eigenvalue weighted by atomic mass is 9.98. The second kappa shape index (κ2) is 4.18. The van der Waals surface area contributed by atoms with Crippen molar-refractivity contribution >= 4 is 5.91 Å². The van der Waals surface area contributed by atoms with E-state index in [0.29, 0.717) is 0 Å². The number of hydrogen-bond donors (Lipinski definition) is 1. The maximum Gasteiger partial charge on any atom is 0.252 e. The maximum absolute atomic E-state index is 11.9. The lowest BCUT2D eigenvalue weighted by molar-refractivity contribution is 0.0960. The number of fused-ring (bicyclic) bond motifs is 1. The molecule has 1 N–H and O–H groups in total. The van der Waals surface area contributed by atoms with Crippen molar-refractivity contribution in [2.75, 3.05) is 7.11 Å². The molecule has 0 spiro atoms. The molecule has 2 aromatic carbocycles. The molecule has 0 bridgehead atoms. The van der Waals surface area contributed by atoms with Crippen LogP contribution >= 0.6 is 0 Å². The maximum atomic E-state index is 11.9. The third kappa shape index (κ3) is 1.64. The average molecular weight is 239 g/mol. The number of nitrogens with one attached hydrogen (secondary N) is 1. The standard InChI is InChI=1S/C15H13NO2/c1-18-11-6-4-5-10(9-11)14-12-7-2-3-8-13(12)15(17)16-14/h2-9,14H,1H3,(H,16,17)/t14-/m1/s1. The van der Waals surface area contributed by atoms with Crippen LogP contribution in [0.5, 0.6) is 5.75 Å². The number of carbonyl (C=O) groups excluding carboxylic acids is 1. The van der Waals surface area contributed by atoms with Crippen LogP contribution in [0.25, 0.3) is 0 Å². The van der Waals surface area contributed by atoms with Gasteiger partial charge >= 0.3 is 0 Å². The highest BCUT2D eigenvalue weighted by atomic mass is 16.5. The van der Waals surface area contributed by atoms with Gasteiger partial charge in [0.1, 0.15) is 5.75 Å². The van der Waals surface area contributed by atoms with E-state index in [1.165, 1.54) is 0 Å². The zero-order valence-electron chi connectivity index (χ0n) is 10.0. The minimum Gasteiger partial charge on any atom is -0.497 e. The molecule has 0 saturated carbocycles. The number of benzene rings is 2. The Kier molecular flexibility index (Phi) is 2.52. The molecule has 0 aliphatic carbocycles. The molecule has 90 valence electrons. The molecular formula is C15H13NO2. The van der Waals surface area contributed by atoms with Crippen molar-refractivity contribution in [3.05, 3.63) is 65.2 Å². The number of rotatable bonds is 2. The van der Waals surface area contributed by atoms with Crippen LogP contribution in [-0.2, 0) is 0 Å². The topological polar surface area (TPSA) is 38.3 Å². The van der Waals surface area contributed by atoms with Crippen molar-refractivity contribution < 1.29 is 9.53 Å². The normalized spacial score (nSPS) is 17.2. The van der Waals surface area contributed by atoms with Crippen LogP contribution in [-0.4, -0.2) is 13.0 Å². The van der Waals surface area contributed by atoms with E-state index in [9.17, 15) is 4.79 Å². The van der Waals surface area contributed by atoms with E-state index in [0.717, 1.165) is 22.4 Å². The van der Waals surface area contributed by atoms with Crippen LogP contribution in [0.1, 0.15) is 27.5 Å². The van der Waals surface area contributed by atoms with Gasteiger partial charge in [-0.05, 0) is 29.3 Å². The summed E-state index contributed by atoms with van der Waals surface area (Å²) in [6.07, 6.45) is 0. The summed E-state index contributed by atoms with van der Waals surface area (Å²) in [6, 6.07) is 15.4. The number of methoxy groups -OCH3 is 1. The van der Waals surface area contributed by atoms with Crippen LogP contribution in [0, 0.1) is 0 Å². The van der Waals surface area contributed by atoms with Gasteiger partial charge in [-0.1, -0.05) is 30.3 Å². The minimum atomic E-state index is -0.0798. The molecule has 1 aliphatic rings. The first kappa shape index (κ1) is 10.8. The van der Waals surface area contributed by atoms with E-state index in [4.69, 9.17) is 4.74 Å². The Morgan fingerprint density at radius 1 is 1.11 bits per heavy atom. The number of amides is 1. The molecule has 0 unspecified atom stereocenters. The molecule has 0 radical (unpaired) electrons. The Morgan fingerprint density at radius 3 is 2.78 bits per heavy atom. The van der Waals surface area contributed by atoms with Crippen molar-refractivity contribution in [1.82, 2.24) is 5.32 Å². The van der Waals surface area contributed by atoms with Gasteiger partial charge < -0.3 is 10.1 Å². The van der Waals surface area contributed by atoms with Gasteiger partial charge in [-0.2, -0.15) is 0 Å². The van der Waals surface area contributed by atoms with Gasteiger partial charge in [-0.3, -0.25) is 4.79 Å². The highest BCUT2D eigenvalue weighted by Gasteiger charge is 2.29. The van der Waals surface area contributed by atoms with Gasteiger partial charge in [-0.25, -0.2) is 0 Å². The van der Waals surface area contributed by atoms with Crippen molar-refractivity contribution in [2.24, 2.45) is 0 Å². The Labute approximate surface area is 105 Å². The molecule has 1 amide bonds. The van der Waals surface area contributed by atoms with E-state index in [-0.39, 0.29) is 11.9 Å². The number of carbonyl (C=O) groups is 1. The molecule has 3 rings (SSSR count). The van der Waals surface area contributed by atoms with E-state index in [2.05, 4.69) is 5.32 Å².